The third kappa shape index (κ3) is 4.17. The van der Waals surface area contributed by atoms with Gasteiger partial charge in [-0.2, -0.15) is 0 Å². The van der Waals surface area contributed by atoms with Crippen molar-refractivity contribution < 1.29 is 4.74 Å². The molecule has 0 bridgehead atoms. The Morgan fingerprint density at radius 2 is 2.27 bits per heavy atom. The minimum absolute atomic E-state index is 0.0958. The quantitative estimate of drug-likeness (QED) is 0.469. The summed E-state index contributed by atoms with van der Waals surface area (Å²) in [7, 11) is 1.72. The monoisotopic (exact) mass is 157 g/mol. The van der Waals surface area contributed by atoms with E-state index in [9.17, 15) is 0 Å². The van der Waals surface area contributed by atoms with Crippen molar-refractivity contribution in [3.8, 4) is 0 Å². The molecule has 0 saturated heterocycles. The summed E-state index contributed by atoms with van der Waals surface area (Å²) in [5.74, 6) is 0. The molecule has 0 amide bonds. The van der Waals surface area contributed by atoms with E-state index in [0.717, 1.165) is 19.4 Å². The Labute approximate surface area is 69.4 Å². The molecular formula is C9H19NO. The molecule has 0 spiro atoms. The van der Waals surface area contributed by atoms with Crippen LogP contribution >= 0.6 is 0 Å². The second kappa shape index (κ2) is 5.33. The van der Waals surface area contributed by atoms with E-state index in [1.54, 1.807) is 7.11 Å². The first-order valence-electron chi connectivity index (χ1n) is 4.01. The molecule has 1 unspecified atom stereocenters. The third-order valence-corrected chi connectivity index (χ3v) is 2.06. The summed E-state index contributed by atoms with van der Waals surface area (Å²) in [6.45, 7) is 7.36. The Balaban J connectivity index is 3.60. The van der Waals surface area contributed by atoms with E-state index >= 15 is 0 Å². The number of methoxy groups -OCH3 is 1. The molecule has 2 heteroatoms. The molecule has 0 rings (SSSR count). The summed E-state index contributed by atoms with van der Waals surface area (Å²) < 4.78 is 4.95. The normalized spacial score (nSPS) is 15.9. The van der Waals surface area contributed by atoms with E-state index in [-0.39, 0.29) is 5.41 Å². The largest absolute Gasteiger partial charge is 0.385 e. The number of hydrogen-bond donors (Lipinski definition) is 1. The van der Waals surface area contributed by atoms with Crippen molar-refractivity contribution in [3.63, 3.8) is 0 Å². The average Bonchev–Trinajstić information content (AvgIpc) is 2.05. The fraction of sp³-hybridized carbons (Fsp3) is 0.778. The molecule has 1 atom stereocenters. The van der Waals surface area contributed by atoms with Crippen molar-refractivity contribution in [2.45, 2.75) is 19.8 Å². The second-order valence-corrected chi connectivity index (χ2v) is 3.16. The fourth-order valence-corrected chi connectivity index (χ4v) is 0.908. The summed E-state index contributed by atoms with van der Waals surface area (Å²) >= 11 is 0. The van der Waals surface area contributed by atoms with Gasteiger partial charge in [0.05, 0.1) is 0 Å². The molecule has 66 valence electrons. The first-order valence-corrected chi connectivity index (χ1v) is 4.01. The molecule has 0 aliphatic rings. The second-order valence-electron chi connectivity index (χ2n) is 3.16. The molecule has 0 radical (unpaired) electrons. The van der Waals surface area contributed by atoms with E-state index in [1.807, 2.05) is 6.08 Å². The Morgan fingerprint density at radius 1 is 1.64 bits per heavy atom. The van der Waals surface area contributed by atoms with Crippen LogP contribution in [0.15, 0.2) is 12.7 Å². The third-order valence-electron chi connectivity index (χ3n) is 2.06. The van der Waals surface area contributed by atoms with Gasteiger partial charge in [0.15, 0.2) is 0 Å². The number of nitrogens with two attached hydrogens (primary N) is 1. The van der Waals surface area contributed by atoms with Gasteiger partial charge in [-0.3, -0.25) is 0 Å². The molecule has 0 aliphatic heterocycles. The zero-order chi connectivity index (χ0) is 8.74. The number of ether oxygens (including phenoxy) is 1. The van der Waals surface area contributed by atoms with Gasteiger partial charge in [0.1, 0.15) is 0 Å². The topological polar surface area (TPSA) is 35.2 Å². The lowest BCUT2D eigenvalue weighted by molar-refractivity contribution is 0.181. The smallest absolute Gasteiger partial charge is 0.0462 e. The molecule has 11 heavy (non-hydrogen) atoms. The average molecular weight is 157 g/mol. The van der Waals surface area contributed by atoms with Gasteiger partial charge in [0.2, 0.25) is 0 Å². The zero-order valence-corrected chi connectivity index (χ0v) is 7.60. The van der Waals surface area contributed by atoms with Gasteiger partial charge >= 0.3 is 0 Å². The summed E-state index contributed by atoms with van der Waals surface area (Å²) in [4.78, 5) is 0. The van der Waals surface area contributed by atoms with Crippen LogP contribution < -0.4 is 5.73 Å². The van der Waals surface area contributed by atoms with Crippen LogP contribution in [0.3, 0.4) is 0 Å². The Bertz CT molecular complexity index is 114. The lowest BCUT2D eigenvalue weighted by Crippen LogP contribution is -2.24. The van der Waals surface area contributed by atoms with Gasteiger partial charge in [-0.15, -0.1) is 6.58 Å². The lowest BCUT2D eigenvalue weighted by atomic mass is 9.86. The van der Waals surface area contributed by atoms with E-state index in [1.165, 1.54) is 0 Å². The fourth-order valence-electron chi connectivity index (χ4n) is 0.908. The van der Waals surface area contributed by atoms with Crippen molar-refractivity contribution in [1.82, 2.24) is 0 Å². The predicted octanol–water partition coefficient (Wildman–Crippen LogP) is 1.56. The van der Waals surface area contributed by atoms with Crippen molar-refractivity contribution in [2.75, 3.05) is 20.3 Å². The molecule has 2 nitrogen and oxygen atoms in total. The van der Waals surface area contributed by atoms with Crippen molar-refractivity contribution >= 4 is 0 Å². The molecule has 0 heterocycles. The Morgan fingerprint density at radius 3 is 2.64 bits per heavy atom. The molecular weight excluding hydrogens is 138 g/mol. The minimum atomic E-state index is 0.0958. The molecule has 0 fully saturated rings. The van der Waals surface area contributed by atoms with Crippen LogP contribution in [-0.4, -0.2) is 20.3 Å². The van der Waals surface area contributed by atoms with Gasteiger partial charge in [-0.05, 0) is 18.3 Å². The highest BCUT2D eigenvalue weighted by Gasteiger charge is 2.16. The lowest BCUT2D eigenvalue weighted by Gasteiger charge is -2.22. The maximum absolute atomic E-state index is 5.59. The molecule has 0 saturated carbocycles. The molecule has 0 aromatic heterocycles. The van der Waals surface area contributed by atoms with Crippen LogP contribution in [0.2, 0.25) is 0 Å². The summed E-state index contributed by atoms with van der Waals surface area (Å²) in [6, 6.07) is 0. The van der Waals surface area contributed by atoms with Crippen LogP contribution in [0.1, 0.15) is 19.8 Å². The number of hydrogen-bond acceptors (Lipinski definition) is 2. The van der Waals surface area contributed by atoms with E-state index in [0.29, 0.717) is 6.54 Å². The van der Waals surface area contributed by atoms with E-state index in [4.69, 9.17) is 10.5 Å². The maximum atomic E-state index is 5.59. The summed E-state index contributed by atoms with van der Waals surface area (Å²) in [5, 5.41) is 0. The van der Waals surface area contributed by atoms with Crippen LogP contribution in [0.25, 0.3) is 0 Å². The highest BCUT2D eigenvalue weighted by atomic mass is 16.5. The van der Waals surface area contributed by atoms with Gasteiger partial charge in [0.25, 0.3) is 0 Å². The standard InChI is InChI=1S/C9H19NO/c1-4-9(2,8-10)6-5-7-11-3/h4H,1,5-8,10H2,2-3H3. The molecule has 2 N–H and O–H groups in total. The van der Waals surface area contributed by atoms with Crippen LogP contribution in [-0.2, 0) is 4.74 Å². The Hall–Kier alpha value is -0.340. The van der Waals surface area contributed by atoms with Crippen molar-refractivity contribution in [2.24, 2.45) is 11.1 Å². The highest BCUT2D eigenvalue weighted by molar-refractivity contribution is 4.91. The minimum Gasteiger partial charge on any atom is -0.385 e. The summed E-state index contributed by atoms with van der Waals surface area (Å²) in [6.07, 6.45) is 4.04. The molecule has 0 aromatic carbocycles. The van der Waals surface area contributed by atoms with Crippen LogP contribution in [0.5, 0.6) is 0 Å². The van der Waals surface area contributed by atoms with Gasteiger partial charge < -0.3 is 10.5 Å². The number of rotatable bonds is 6. The Kier molecular flexibility index (Phi) is 5.16. The predicted molar refractivity (Wildman–Crippen MR) is 48.5 cm³/mol. The van der Waals surface area contributed by atoms with Crippen molar-refractivity contribution in [3.05, 3.63) is 12.7 Å². The van der Waals surface area contributed by atoms with Crippen LogP contribution in [0.4, 0.5) is 0 Å². The van der Waals surface area contributed by atoms with Crippen LogP contribution in [0, 0.1) is 5.41 Å². The molecule has 0 aliphatic carbocycles. The highest BCUT2D eigenvalue weighted by Crippen LogP contribution is 2.22. The first-order chi connectivity index (χ1) is 5.18. The van der Waals surface area contributed by atoms with E-state index < -0.39 is 0 Å². The zero-order valence-electron chi connectivity index (χ0n) is 7.60. The molecule has 0 aromatic rings. The van der Waals surface area contributed by atoms with Gasteiger partial charge in [0, 0.05) is 20.3 Å². The summed E-state index contributed by atoms with van der Waals surface area (Å²) in [5.41, 5.74) is 5.68. The van der Waals surface area contributed by atoms with Gasteiger partial charge in [-0.1, -0.05) is 13.0 Å². The maximum Gasteiger partial charge on any atom is 0.0462 e. The SMILES string of the molecule is C=CC(C)(CN)CCCOC. The van der Waals surface area contributed by atoms with Crippen molar-refractivity contribution in [1.29, 1.82) is 0 Å². The first kappa shape index (κ1) is 10.7. The van der Waals surface area contributed by atoms with E-state index in [2.05, 4.69) is 13.5 Å². The van der Waals surface area contributed by atoms with Gasteiger partial charge in [-0.25, -0.2) is 0 Å².